The topological polar surface area (TPSA) is 199 Å². The van der Waals surface area contributed by atoms with Gasteiger partial charge in [-0.3, -0.25) is 20.2 Å². The Balaban J connectivity index is 0. The van der Waals surface area contributed by atoms with Crippen LogP contribution >= 0.6 is 63.7 Å². The molecule has 0 fully saturated rings. The zero-order valence-corrected chi connectivity index (χ0v) is 31.8. The van der Waals surface area contributed by atoms with Crippen LogP contribution in [0, 0.1) is 20.2 Å². The van der Waals surface area contributed by atoms with Crippen molar-refractivity contribution in [1.29, 1.82) is 0 Å². The Bertz CT molecular complexity index is 1290. The van der Waals surface area contributed by atoms with Crippen molar-refractivity contribution >= 4 is 80.8 Å². The minimum atomic E-state index is -0.554. The van der Waals surface area contributed by atoms with E-state index in [1.807, 2.05) is 0 Å². The summed E-state index contributed by atoms with van der Waals surface area (Å²) in [6, 6.07) is 13.2. The number of hydrogen-bond donors (Lipinski definition) is 3. The fraction of sp³-hybridized carbons (Fsp3) is 0.357. The second-order valence-electron chi connectivity index (χ2n) is 7.57. The molecule has 3 aromatic rings. The number of halogens is 4. The molecule has 0 bridgehead atoms. The lowest BCUT2D eigenvalue weighted by Gasteiger charge is -2.09. The molecule has 4 N–H and O–H groups in total. The maximum Gasteiger partial charge on any atom is 0.273 e. The molecule has 0 aliphatic carbocycles. The number of nitro groups is 2. The van der Waals surface area contributed by atoms with E-state index < -0.39 is 9.85 Å². The number of aliphatic hydroxyl groups excluding tert-OH is 1. The number of nitro benzene ring substituents is 2. The second-order valence-corrected chi connectivity index (χ2v) is 10.7. The molecule has 18 heteroatoms. The molecule has 0 atom stereocenters. The SMILES string of the molecule is BrCCBr.CO.COc1cc(N)ccc1OCCBr.COc1cc([N+](=O)[O-])ccc1O.COc1cc([N+](=O)[O-])ccc1OCCBr. The van der Waals surface area contributed by atoms with E-state index in [1.165, 1.54) is 44.6 Å². The normalized spacial score (nSPS) is 9.15. The number of ether oxygens (including phenoxy) is 5. The number of nitrogens with zero attached hydrogens (tertiary/aromatic N) is 2. The van der Waals surface area contributed by atoms with Gasteiger partial charge in [0.1, 0.15) is 0 Å². The first-order valence-corrected chi connectivity index (χ1v) is 17.2. The minimum Gasteiger partial charge on any atom is -0.504 e. The van der Waals surface area contributed by atoms with Gasteiger partial charge in [0, 0.05) is 52.3 Å². The molecule has 0 aliphatic heterocycles. The smallest absolute Gasteiger partial charge is 0.273 e. The third kappa shape index (κ3) is 18.8. The van der Waals surface area contributed by atoms with E-state index in [9.17, 15) is 20.2 Å². The summed E-state index contributed by atoms with van der Waals surface area (Å²) in [4.78, 5) is 19.7. The van der Waals surface area contributed by atoms with Gasteiger partial charge in [0.15, 0.2) is 34.5 Å². The van der Waals surface area contributed by atoms with Crippen molar-refractivity contribution in [3.05, 3.63) is 74.8 Å². The van der Waals surface area contributed by atoms with Crippen LogP contribution in [0.4, 0.5) is 17.1 Å². The third-order valence-corrected chi connectivity index (χ3v) is 7.17. The lowest BCUT2D eigenvalue weighted by Crippen LogP contribution is -2.00. The number of benzene rings is 3. The Morgan fingerprint density at radius 1 is 0.630 bits per heavy atom. The fourth-order valence-electron chi connectivity index (χ4n) is 2.77. The van der Waals surface area contributed by atoms with Crippen LogP contribution in [-0.2, 0) is 0 Å². The van der Waals surface area contributed by atoms with E-state index in [0.717, 1.165) is 34.9 Å². The quantitative estimate of drug-likeness (QED) is 0.0721. The second kappa shape index (κ2) is 28.2. The van der Waals surface area contributed by atoms with Crippen LogP contribution in [0.3, 0.4) is 0 Å². The van der Waals surface area contributed by atoms with Gasteiger partial charge in [-0.15, -0.1) is 0 Å². The summed E-state index contributed by atoms with van der Waals surface area (Å²) in [6.07, 6.45) is 0. The number of hydrogen-bond acceptors (Lipinski definition) is 12. The number of aromatic hydroxyl groups is 1. The lowest BCUT2D eigenvalue weighted by molar-refractivity contribution is -0.385. The molecule has 3 rings (SSSR count). The van der Waals surface area contributed by atoms with Gasteiger partial charge in [0.05, 0.1) is 56.5 Å². The van der Waals surface area contributed by atoms with Crippen LogP contribution < -0.4 is 29.4 Å². The molecule has 0 spiro atoms. The number of alkyl halides is 4. The summed E-state index contributed by atoms with van der Waals surface area (Å²) in [5.74, 6) is 2.25. The van der Waals surface area contributed by atoms with E-state index in [4.69, 9.17) is 34.9 Å². The van der Waals surface area contributed by atoms with Crippen LogP contribution in [0.25, 0.3) is 0 Å². The van der Waals surface area contributed by atoms with Gasteiger partial charge in [-0.1, -0.05) is 63.7 Å². The van der Waals surface area contributed by atoms with Crippen LogP contribution in [0.15, 0.2) is 54.6 Å². The van der Waals surface area contributed by atoms with Crippen molar-refractivity contribution in [3.63, 3.8) is 0 Å². The molecular formula is C28H37Br4N3O11. The predicted molar refractivity (Wildman–Crippen MR) is 193 cm³/mol. The van der Waals surface area contributed by atoms with Crippen LogP contribution in [0.2, 0.25) is 0 Å². The highest BCUT2D eigenvalue weighted by molar-refractivity contribution is 9.12. The van der Waals surface area contributed by atoms with E-state index in [0.29, 0.717) is 41.5 Å². The first-order valence-electron chi connectivity index (χ1n) is 12.7. The minimum absolute atomic E-state index is 0.0157. The van der Waals surface area contributed by atoms with Gasteiger partial charge in [0.25, 0.3) is 11.4 Å². The monoisotopic (exact) mass is 907 g/mol. The average Bonchev–Trinajstić information content (AvgIpc) is 3.08. The number of nitrogens with two attached hydrogens (primary N) is 1. The van der Waals surface area contributed by atoms with Gasteiger partial charge in [-0.2, -0.15) is 0 Å². The van der Waals surface area contributed by atoms with Gasteiger partial charge >= 0.3 is 0 Å². The first-order chi connectivity index (χ1) is 22.0. The number of aliphatic hydroxyl groups is 1. The summed E-state index contributed by atoms with van der Waals surface area (Å²) in [5, 5.41) is 40.4. The highest BCUT2D eigenvalue weighted by Gasteiger charge is 2.12. The maximum absolute atomic E-state index is 10.5. The predicted octanol–water partition coefficient (Wildman–Crippen LogP) is 7.12. The van der Waals surface area contributed by atoms with Crippen molar-refractivity contribution in [2.24, 2.45) is 0 Å². The molecule has 0 aromatic heterocycles. The number of methoxy groups -OCH3 is 3. The molecule has 0 saturated heterocycles. The Hall–Kier alpha value is -3.06. The summed E-state index contributed by atoms with van der Waals surface area (Å²) < 4.78 is 25.5. The zero-order chi connectivity index (χ0) is 35.5. The number of rotatable bonds is 12. The molecule has 46 heavy (non-hydrogen) atoms. The Labute approximate surface area is 300 Å². The van der Waals surface area contributed by atoms with Crippen molar-refractivity contribution < 1.29 is 43.7 Å². The van der Waals surface area contributed by atoms with Crippen molar-refractivity contribution in [2.45, 2.75) is 0 Å². The molecule has 0 unspecified atom stereocenters. The van der Waals surface area contributed by atoms with Crippen molar-refractivity contribution in [3.8, 4) is 34.5 Å². The summed E-state index contributed by atoms with van der Waals surface area (Å²) in [7, 11) is 5.37. The van der Waals surface area contributed by atoms with Crippen LogP contribution in [0.5, 0.6) is 34.5 Å². The highest BCUT2D eigenvalue weighted by atomic mass is 79.9. The Morgan fingerprint density at radius 3 is 1.41 bits per heavy atom. The van der Waals surface area contributed by atoms with E-state index in [2.05, 4.69) is 68.5 Å². The highest BCUT2D eigenvalue weighted by Crippen LogP contribution is 2.31. The molecular weight excluding hydrogens is 874 g/mol. The fourth-order valence-corrected chi connectivity index (χ4v) is 3.09. The molecule has 0 amide bonds. The van der Waals surface area contributed by atoms with Gasteiger partial charge in [-0.05, 0) is 24.3 Å². The standard InChI is InChI=1S/C9H10BrNO4.C9H12BrNO2.C7H7NO4.C2H4Br2.CH4O/c1-14-9-6-7(11(12)13)2-3-8(9)15-5-4-10;1-12-9-6-7(11)2-3-8(9)13-5-4-10;1-12-7-4-5(8(10)11)2-3-6(7)9;3-1-2-4;1-2/h2-3,6H,4-5H2,1H3;2-3,6H,4-5,11H2,1H3;2-4,9H,1H3;1-2H2;2H,1H3. The van der Waals surface area contributed by atoms with Crippen molar-refractivity contribution in [2.75, 3.05) is 68.7 Å². The van der Waals surface area contributed by atoms with E-state index >= 15 is 0 Å². The largest absolute Gasteiger partial charge is 0.504 e. The molecule has 0 saturated carbocycles. The summed E-state index contributed by atoms with van der Waals surface area (Å²) in [5.41, 5.74) is 6.13. The van der Waals surface area contributed by atoms with Gasteiger partial charge in [0.2, 0.25) is 0 Å². The molecule has 3 aromatic carbocycles. The number of anilines is 1. The van der Waals surface area contributed by atoms with Crippen molar-refractivity contribution in [1.82, 2.24) is 0 Å². The van der Waals surface area contributed by atoms with Gasteiger partial charge in [-0.25, -0.2) is 0 Å². The van der Waals surface area contributed by atoms with Gasteiger partial charge < -0.3 is 39.6 Å². The molecule has 0 heterocycles. The average molecular weight is 911 g/mol. The number of phenolic OH excluding ortho intramolecular Hbond substituents is 1. The third-order valence-electron chi connectivity index (χ3n) is 4.66. The van der Waals surface area contributed by atoms with E-state index in [1.54, 1.807) is 25.3 Å². The molecule has 14 nitrogen and oxygen atoms in total. The summed E-state index contributed by atoms with van der Waals surface area (Å²) in [6.45, 7) is 1.09. The Kier molecular flexibility index (Phi) is 27.6. The first kappa shape index (κ1) is 45.1. The lowest BCUT2D eigenvalue weighted by atomic mass is 10.3. The molecule has 0 radical (unpaired) electrons. The number of phenols is 1. The van der Waals surface area contributed by atoms with E-state index in [-0.39, 0.29) is 22.9 Å². The van der Waals surface area contributed by atoms with Crippen LogP contribution in [-0.4, -0.2) is 83.0 Å². The zero-order valence-electron chi connectivity index (χ0n) is 25.5. The Morgan fingerprint density at radius 2 is 1.02 bits per heavy atom. The number of non-ortho nitro benzene ring substituents is 2. The molecule has 0 aliphatic rings. The van der Waals surface area contributed by atoms with Crippen LogP contribution in [0.1, 0.15) is 0 Å². The maximum atomic E-state index is 10.5. The summed E-state index contributed by atoms with van der Waals surface area (Å²) >= 11 is 12.9. The molecule has 258 valence electrons. The number of nitrogen functional groups attached to an aromatic ring is 1.